The Hall–Kier alpha value is -2.05. The number of anilines is 2. The molecule has 2 aliphatic heterocycles. The van der Waals surface area contributed by atoms with Crippen molar-refractivity contribution in [3.63, 3.8) is 0 Å². The molecule has 0 saturated carbocycles. The van der Waals surface area contributed by atoms with Crippen molar-refractivity contribution in [1.82, 2.24) is 24.4 Å². The van der Waals surface area contributed by atoms with Crippen LogP contribution in [-0.4, -0.2) is 97.9 Å². The van der Waals surface area contributed by atoms with Crippen LogP contribution in [0.1, 0.15) is 6.23 Å². The smallest absolute Gasteiger partial charge is 0.210 e. The summed E-state index contributed by atoms with van der Waals surface area (Å²) in [5, 5.41) is 30.0. The minimum Gasteiger partial charge on any atom is -0.394 e. The van der Waals surface area contributed by atoms with Gasteiger partial charge in [0.25, 0.3) is 0 Å². The van der Waals surface area contributed by atoms with Gasteiger partial charge in [-0.2, -0.15) is 0 Å². The molecule has 11 nitrogen and oxygen atoms in total. The molecule has 0 spiro atoms. The summed E-state index contributed by atoms with van der Waals surface area (Å²) >= 11 is 0. The molecule has 0 aliphatic carbocycles. The average Bonchev–Trinajstić information content (AvgIpc) is 3.15. The van der Waals surface area contributed by atoms with Crippen LogP contribution in [0.25, 0.3) is 11.2 Å². The quantitative estimate of drug-likeness (QED) is 0.471. The highest BCUT2D eigenvalue weighted by Gasteiger charge is 2.45. The van der Waals surface area contributed by atoms with E-state index >= 15 is 0 Å². The molecule has 0 radical (unpaired) electrons. The number of piperazine rings is 1. The van der Waals surface area contributed by atoms with Crippen LogP contribution in [0, 0.1) is 0 Å². The van der Waals surface area contributed by atoms with Gasteiger partial charge in [0, 0.05) is 26.2 Å². The molecular formula is C15H23N7O4. The maximum absolute atomic E-state index is 10.5. The molecule has 4 atom stereocenters. The van der Waals surface area contributed by atoms with Crippen LogP contribution in [0.15, 0.2) is 6.33 Å². The Morgan fingerprint density at radius 2 is 1.92 bits per heavy atom. The summed E-state index contributed by atoms with van der Waals surface area (Å²) in [5.41, 5.74) is 6.79. The number of nitrogens with zero attached hydrogens (tertiary/aromatic N) is 6. The zero-order valence-electron chi connectivity index (χ0n) is 14.4. The summed E-state index contributed by atoms with van der Waals surface area (Å²) < 4.78 is 7.36. The Kier molecular flexibility index (Phi) is 4.40. The van der Waals surface area contributed by atoms with Crippen LogP contribution in [0.4, 0.5) is 11.8 Å². The van der Waals surface area contributed by atoms with Crippen LogP contribution in [0.2, 0.25) is 0 Å². The second-order valence-corrected chi connectivity index (χ2v) is 6.73. The molecule has 2 saturated heterocycles. The fourth-order valence-electron chi connectivity index (χ4n) is 3.47. The van der Waals surface area contributed by atoms with Crippen molar-refractivity contribution in [2.75, 3.05) is 50.5 Å². The Morgan fingerprint density at radius 3 is 2.58 bits per heavy atom. The number of ether oxygens (including phenoxy) is 1. The first kappa shape index (κ1) is 17.4. The van der Waals surface area contributed by atoms with Crippen LogP contribution >= 0.6 is 0 Å². The number of hydrogen-bond acceptors (Lipinski definition) is 10. The molecule has 4 heterocycles. The van der Waals surface area contributed by atoms with Crippen LogP contribution in [0.3, 0.4) is 0 Å². The minimum absolute atomic E-state index is 0.232. The monoisotopic (exact) mass is 365 g/mol. The number of aromatic nitrogens is 4. The zero-order valence-corrected chi connectivity index (χ0v) is 14.4. The number of nitrogens with two attached hydrogens (primary N) is 1. The number of aliphatic hydroxyl groups excluding tert-OH is 3. The second kappa shape index (κ2) is 6.59. The third-order valence-corrected chi connectivity index (χ3v) is 5.04. The van der Waals surface area contributed by atoms with Gasteiger partial charge in [-0.15, -0.1) is 0 Å². The number of aliphatic hydroxyl groups is 3. The summed E-state index contributed by atoms with van der Waals surface area (Å²) in [5.74, 6) is 0.783. The Balaban J connectivity index is 1.81. The zero-order chi connectivity index (χ0) is 18.4. The molecule has 2 aliphatic rings. The topological polar surface area (TPSA) is 146 Å². The van der Waals surface area contributed by atoms with E-state index in [9.17, 15) is 15.3 Å². The van der Waals surface area contributed by atoms with E-state index in [2.05, 4.69) is 31.8 Å². The summed E-state index contributed by atoms with van der Waals surface area (Å²) in [6.07, 6.45) is -2.93. The van der Waals surface area contributed by atoms with Gasteiger partial charge >= 0.3 is 0 Å². The third-order valence-electron chi connectivity index (χ3n) is 5.04. The number of imidazole rings is 1. The van der Waals surface area contributed by atoms with Gasteiger partial charge in [-0.25, -0.2) is 15.0 Å². The normalized spacial score (nSPS) is 30.4. The minimum atomic E-state index is -1.23. The highest BCUT2D eigenvalue weighted by molar-refractivity contribution is 5.84. The Morgan fingerprint density at radius 1 is 1.19 bits per heavy atom. The summed E-state index contributed by atoms with van der Waals surface area (Å²) in [6, 6.07) is 0. The van der Waals surface area contributed by atoms with Gasteiger partial charge in [-0.05, 0) is 7.05 Å². The molecule has 2 aromatic rings. The molecule has 0 aromatic carbocycles. The largest absolute Gasteiger partial charge is 0.394 e. The van der Waals surface area contributed by atoms with E-state index in [0.717, 1.165) is 26.2 Å². The lowest BCUT2D eigenvalue weighted by Crippen LogP contribution is -2.46. The molecule has 2 aromatic heterocycles. The first-order valence-electron chi connectivity index (χ1n) is 8.55. The molecule has 0 bridgehead atoms. The highest BCUT2D eigenvalue weighted by Crippen LogP contribution is 2.36. The van der Waals surface area contributed by atoms with Gasteiger partial charge < -0.3 is 35.6 Å². The number of hydrogen-bond donors (Lipinski definition) is 4. The predicted molar refractivity (Wildman–Crippen MR) is 92.5 cm³/mol. The molecule has 26 heavy (non-hydrogen) atoms. The molecular weight excluding hydrogens is 342 g/mol. The van der Waals surface area contributed by atoms with Crippen molar-refractivity contribution in [1.29, 1.82) is 0 Å². The van der Waals surface area contributed by atoms with Crippen molar-refractivity contribution < 1.29 is 20.1 Å². The lowest BCUT2D eigenvalue weighted by Gasteiger charge is -2.34. The van der Waals surface area contributed by atoms with Crippen molar-refractivity contribution >= 4 is 22.9 Å². The predicted octanol–water partition coefficient (Wildman–Crippen LogP) is -2.23. The number of likely N-dealkylation sites (N-methyl/N-ethyl adjacent to an activating group) is 1. The van der Waals surface area contributed by atoms with E-state index in [1.165, 1.54) is 6.33 Å². The number of rotatable bonds is 3. The molecule has 0 unspecified atom stereocenters. The van der Waals surface area contributed by atoms with Gasteiger partial charge in [-0.1, -0.05) is 0 Å². The molecule has 11 heteroatoms. The van der Waals surface area contributed by atoms with Crippen molar-refractivity contribution in [2.24, 2.45) is 0 Å². The van der Waals surface area contributed by atoms with Gasteiger partial charge in [0.05, 0.1) is 6.61 Å². The van der Waals surface area contributed by atoms with Gasteiger partial charge in [-0.3, -0.25) is 4.57 Å². The number of fused-ring (bicyclic) bond motifs is 1. The first-order valence-corrected chi connectivity index (χ1v) is 8.55. The number of nitrogen functional groups attached to an aromatic ring is 1. The van der Waals surface area contributed by atoms with Crippen molar-refractivity contribution in [2.45, 2.75) is 24.5 Å². The summed E-state index contributed by atoms with van der Waals surface area (Å²) in [6.45, 7) is 2.80. The fourth-order valence-corrected chi connectivity index (χ4v) is 3.47. The lowest BCUT2D eigenvalue weighted by atomic mass is 10.1. The molecule has 142 valence electrons. The maximum Gasteiger partial charge on any atom is 0.210 e. The molecule has 5 N–H and O–H groups in total. The van der Waals surface area contributed by atoms with Crippen LogP contribution in [-0.2, 0) is 4.74 Å². The van der Waals surface area contributed by atoms with E-state index in [0.29, 0.717) is 17.1 Å². The van der Waals surface area contributed by atoms with Gasteiger partial charge in [0.1, 0.15) is 24.6 Å². The average molecular weight is 365 g/mol. The molecule has 2 fully saturated rings. The van der Waals surface area contributed by atoms with E-state index < -0.39 is 31.1 Å². The molecule has 0 amide bonds. The Bertz CT molecular complexity index is 792. The van der Waals surface area contributed by atoms with Crippen molar-refractivity contribution in [3.8, 4) is 0 Å². The van der Waals surface area contributed by atoms with Crippen LogP contribution in [0.5, 0.6) is 0 Å². The van der Waals surface area contributed by atoms with Crippen molar-refractivity contribution in [3.05, 3.63) is 6.33 Å². The standard InChI is InChI=1S/C15H23N7O4/c1-20-2-4-21(5-3-20)15-19-9-12(16)17-7-18-13(9)22(15)14-11(25)10(24)8(6-23)26-14/h7-8,10-11,14,23-25H,2-6H2,1H3,(H2,16,17,18)/t8-,10-,11-,14-/m1/s1. The fraction of sp³-hybridized carbons (Fsp3) is 0.667. The summed E-state index contributed by atoms with van der Waals surface area (Å²) in [7, 11) is 2.05. The second-order valence-electron chi connectivity index (χ2n) is 6.73. The highest BCUT2D eigenvalue weighted by atomic mass is 16.6. The van der Waals surface area contributed by atoms with E-state index in [4.69, 9.17) is 10.5 Å². The first-order chi connectivity index (χ1) is 12.5. The van der Waals surface area contributed by atoms with E-state index in [1.54, 1.807) is 4.57 Å². The third kappa shape index (κ3) is 2.68. The van der Waals surface area contributed by atoms with Crippen LogP contribution < -0.4 is 10.6 Å². The maximum atomic E-state index is 10.5. The molecule has 4 rings (SSSR count). The lowest BCUT2D eigenvalue weighted by molar-refractivity contribution is -0.0505. The SMILES string of the molecule is CN1CCN(c2nc3c(N)ncnc3n2[C@@H]2O[C@H](CO)[C@@H](O)[C@H]2O)CC1. The van der Waals surface area contributed by atoms with E-state index in [-0.39, 0.29) is 5.82 Å². The van der Waals surface area contributed by atoms with Gasteiger partial charge in [0.15, 0.2) is 23.2 Å². The van der Waals surface area contributed by atoms with Gasteiger partial charge in [0.2, 0.25) is 5.95 Å². The summed E-state index contributed by atoms with van der Waals surface area (Å²) in [4.78, 5) is 17.1. The Labute approximate surface area is 149 Å². The van der Waals surface area contributed by atoms with E-state index in [1.807, 2.05) is 0 Å².